The molecule has 0 bridgehead atoms. The van der Waals surface area contributed by atoms with Gasteiger partial charge in [-0.3, -0.25) is 0 Å². The lowest BCUT2D eigenvalue weighted by molar-refractivity contribution is 0.510. The first-order valence-electron chi connectivity index (χ1n) is 6.22. The van der Waals surface area contributed by atoms with Crippen molar-refractivity contribution in [2.45, 2.75) is 75.9 Å². The maximum atomic E-state index is 5.13. The molecule has 1 aliphatic carbocycles. The van der Waals surface area contributed by atoms with E-state index in [1.165, 1.54) is 70.6 Å². The second-order valence-corrected chi connectivity index (χ2v) is 5.91. The summed E-state index contributed by atoms with van der Waals surface area (Å²) in [6.45, 7) is 0. The molecule has 0 N–H and O–H groups in total. The molecule has 1 saturated carbocycles. The van der Waals surface area contributed by atoms with E-state index >= 15 is 0 Å². The van der Waals surface area contributed by atoms with Crippen LogP contribution in [0.25, 0.3) is 0 Å². The SMILES string of the molecule is [S]SC1CCCCCCCCCCC1. The largest absolute Gasteiger partial charge is 0.0783 e. The zero-order valence-electron chi connectivity index (χ0n) is 9.17. The zero-order valence-corrected chi connectivity index (χ0v) is 10.8. The van der Waals surface area contributed by atoms with E-state index in [9.17, 15) is 0 Å². The fraction of sp³-hybridized carbons (Fsp3) is 1.00. The predicted molar refractivity (Wildman–Crippen MR) is 69.8 cm³/mol. The molecule has 0 aromatic rings. The van der Waals surface area contributed by atoms with Crippen LogP contribution in [0.1, 0.15) is 70.6 Å². The van der Waals surface area contributed by atoms with Gasteiger partial charge in [-0.2, -0.15) is 0 Å². The lowest BCUT2D eigenvalue weighted by atomic mass is 10.0. The Kier molecular flexibility index (Phi) is 8.18. The molecule has 0 aliphatic heterocycles. The summed E-state index contributed by atoms with van der Waals surface area (Å²) in [6, 6.07) is 0. The molecule has 1 fully saturated rings. The minimum absolute atomic E-state index is 0.782. The van der Waals surface area contributed by atoms with Crippen LogP contribution in [0.15, 0.2) is 0 Å². The third-order valence-electron chi connectivity index (χ3n) is 3.19. The molecule has 83 valence electrons. The highest BCUT2D eigenvalue weighted by molar-refractivity contribution is 8.68. The maximum Gasteiger partial charge on any atom is 0.0159 e. The van der Waals surface area contributed by atoms with Crippen molar-refractivity contribution in [3.63, 3.8) is 0 Å². The molecule has 0 heterocycles. The lowest BCUT2D eigenvalue weighted by Crippen LogP contribution is -2.01. The van der Waals surface area contributed by atoms with Crippen molar-refractivity contribution in [3.05, 3.63) is 0 Å². The fourth-order valence-electron chi connectivity index (χ4n) is 2.22. The van der Waals surface area contributed by atoms with Crippen molar-refractivity contribution < 1.29 is 0 Å². The molecule has 1 aliphatic rings. The molecule has 0 aromatic heterocycles. The lowest BCUT2D eigenvalue weighted by Gasteiger charge is -2.13. The van der Waals surface area contributed by atoms with Crippen LogP contribution >= 0.6 is 22.5 Å². The predicted octanol–water partition coefficient (Wildman–Crippen LogP) is 5.51. The molecule has 1 rings (SSSR count). The quantitative estimate of drug-likeness (QED) is 0.537. The van der Waals surface area contributed by atoms with Gasteiger partial charge in [0.2, 0.25) is 0 Å². The van der Waals surface area contributed by atoms with Crippen molar-refractivity contribution >= 4 is 22.5 Å². The Morgan fingerprint density at radius 1 is 0.643 bits per heavy atom. The molecule has 2 heteroatoms. The van der Waals surface area contributed by atoms with Crippen molar-refractivity contribution in [2.75, 3.05) is 0 Å². The van der Waals surface area contributed by atoms with E-state index in [-0.39, 0.29) is 0 Å². The van der Waals surface area contributed by atoms with E-state index in [4.69, 9.17) is 11.7 Å². The highest BCUT2D eigenvalue weighted by atomic mass is 33.1. The summed E-state index contributed by atoms with van der Waals surface area (Å²) >= 11 is 5.13. The Labute approximate surface area is 98.4 Å². The molecule has 0 unspecified atom stereocenters. The van der Waals surface area contributed by atoms with Crippen molar-refractivity contribution in [2.24, 2.45) is 0 Å². The Balaban J connectivity index is 2.17. The first-order chi connectivity index (χ1) is 6.93. The highest BCUT2D eigenvalue weighted by Gasteiger charge is 2.08. The Morgan fingerprint density at radius 2 is 1.00 bits per heavy atom. The summed E-state index contributed by atoms with van der Waals surface area (Å²) in [4.78, 5) is 0. The van der Waals surface area contributed by atoms with E-state index in [0.29, 0.717) is 0 Å². The molecular formula is C12H23S2. The summed E-state index contributed by atoms with van der Waals surface area (Å²) in [5.74, 6) is 0. The van der Waals surface area contributed by atoms with E-state index in [0.717, 1.165) is 5.25 Å². The molecule has 0 atom stereocenters. The van der Waals surface area contributed by atoms with Crippen LogP contribution in [-0.2, 0) is 0 Å². The average molecular weight is 231 g/mol. The topological polar surface area (TPSA) is 0 Å². The first-order valence-corrected chi connectivity index (χ1v) is 8.02. The summed E-state index contributed by atoms with van der Waals surface area (Å²) in [5.41, 5.74) is 0. The third kappa shape index (κ3) is 6.23. The summed E-state index contributed by atoms with van der Waals surface area (Å²) in [5, 5.41) is 0.782. The Morgan fingerprint density at radius 3 is 1.36 bits per heavy atom. The van der Waals surface area contributed by atoms with Crippen LogP contribution in [0.4, 0.5) is 0 Å². The Hall–Kier alpha value is 0.700. The number of hydrogen-bond donors (Lipinski definition) is 0. The van der Waals surface area contributed by atoms with E-state index < -0.39 is 0 Å². The van der Waals surface area contributed by atoms with Gasteiger partial charge in [-0.25, -0.2) is 0 Å². The summed E-state index contributed by atoms with van der Waals surface area (Å²) in [6.07, 6.45) is 15.7. The van der Waals surface area contributed by atoms with Crippen LogP contribution < -0.4 is 0 Å². The van der Waals surface area contributed by atoms with Crippen LogP contribution in [0, 0.1) is 0 Å². The van der Waals surface area contributed by atoms with Crippen LogP contribution in [0.2, 0.25) is 0 Å². The van der Waals surface area contributed by atoms with Gasteiger partial charge in [0.1, 0.15) is 0 Å². The van der Waals surface area contributed by atoms with Gasteiger partial charge in [0.15, 0.2) is 0 Å². The van der Waals surface area contributed by atoms with Crippen LogP contribution in [-0.4, -0.2) is 5.25 Å². The Bertz CT molecular complexity index is 113. The molecule has 14 heavy (non-hydrogen) atoms. The molecule has 0 amide bonds. The normalized spacial score (nSPS) is 23.8. The summed E-state index contributed by atoms with van der Waals surface area (Å²) in [7, 11) is 1.68. The van der Waals surface area contributed by atoms with Gasteiger partial charge < -0.3 is 0 Å². The molecule has 0 saturated heterocycles. The molecule has 1 radical (unpaired) electrons. The smallest absolute Gasteiger partial charge is 0.0159 e. The molecule has 0 spiro atoms. The van der Waals surface area contributed by atoms with Crippen molar-refractivity contribution in [3.8, 4) is 0 Å². The maximum absolute atomic E-state index is 5.13. The first kappa shape index (κ1) is 12.8. The van der Waals surface area contributed by atoms with Gasteiger partial charge in [0, 0.05) is 5.25 Å². The second-order valence-electron chi connectivity index (χ2n) is 4.48. The van der Waals surface area contributed by atoms with Gasteiger partial charge in [-0.15, -0.1) is 0 Å². The second kappa shape index (κ2) is 8.96. The van der Waals surface area contributed by atoms with E-state index in [1.807, 2.05) is 0 Å². The minimum atomic E-state index is 0.782. The number of rotatable bonds is 1. The van der Waals surface area contributed by atoms with Crippen LogP contribution in [0.5, 0.6) is 0 Å². The molecule has 0 aromatic carbocycles. The molecule has 0 nitrogen and oxygen atoms in total. The van der Waals surface area contributed by atoms with E-state index in [2.05, 4.69) is 0 Å². The van der Waals surface area contributed by atoms with Crippen molar-refractivity contribution in [1.29, 1.82) is 0 Å². The highest BCUT2D eigenvalue weighted by Crippen LogP contribution is 2.27. The standard InChI is InChI=1S/C12H23S2/c13-14-12-10-8-6-4-2-1-3-5-7-9-11-12/h12H,1-11H2. The van der Waals surface area contributed by atoms with Gasteiger partial charge in [0.25, 0.3) is 0 Å². The van der Waals surface area contributed by atoms with Gasteiger partial charge in [-0.1, -0.05) is 68.6 Å². The third-order valence-corrected chi connectivity index (χ3v) is 4.75. The van der Waals surface area contributed by atoms with Crippen LogP contribution in [0.3, 0.4) is 0 Å². The molecular weight excluding hydrogens is 208 g/mol. The van der Waals surface area contributed by atoms with E-state index in [1.54, 1.807) is 10.8 Å². The van der Waals surface area contributed by atoms with Gasteiger partial charge in [-0.05, 0) is 24.5 Å². The fourth-order valence-corrected chi connectivity index (χ4v) is 3.33. The monoisotopic (exact) mass is 231 g/mol. The van der Waals surface area contributed by atoms with Crippen molar-refractivity contribution in [1.82, 2.24) is 0 Å². The minimum Gasteiger partial charge on any atom is -0.0783 e. The zero-order chi connectivity index (χ0) is 10.1. The van der Waals surface area contributed by atoms with Gasteiger partial charge >= 0.3 is 0 Å². The number of hydrogen-bond acceptors (Lipinski definition) is 1. The average Bonchev–Trinajstić information content (AvgIpc) is 2.19. The van der Waals surface area contributed by atoms with Gasteiger partial charge in [0.05, 0.1) is 0 Å². The summed E-state index contributed by atoms with van der Waals surface area (Å²) < 4.78 is 0.